The summed E-state index contributed by atoms with van der Waals surface area (Å²) >= 11 is 0. The molecule has 23 heavy (non-hydrogen) atoms. The first kappa shape index (κ1) is 14.5. The summed E-state index contributed by atoms with van der Waals surface area (Å²) in [6.07, 6.45) is 4.80. The van der Waals surface area contributed by atoms with Crippen molar-refractivity contribution in [2.45, 2.75) is 37.8 Å². The maximum atomic E-state index is 12.4. The Kier molecular flexibility index (Phi) is 3.87. The van der Waals surface area contributed by atoms with Crippen LogP contribution in [0.5, 0.6) is 0 Å². The summed E-state index contributed by atoms with van der Waals surface area (Å²) in [5.74, 6) is -0.0513. The lowest BCUT2D eigenvalue weighted by atomic mass is 10.0. The van der Waals surface area contributed by atoms with Crippen LogP contribution in [0.15, 0.2) is 36.4 Å². The minimum absolute atomic E-state index is 0.0513. The minimum atomic E-state index is -0.0513. The summed E-state index contributed by atoms with van der Waals surface area (Å²) in [4.78, 5) is 15.0. The van der Waals surface area contributed by atoms with Gasteiger partial charge < -0.3 is 10.2 Å². The maximum absolute atomic E-state index is 12.4. The van der Waals surface area contributed by atoms with E-state index in [1.807, 2.05) is 36.4 Å². The fourth-order valence-electron chi connectivity index (χ4n) is 3.31. The van der Waals surface area contributed by atoms with E-state index in [0.29, 0.717) is 5.69 Å². The lowest BCUT2D eigenvalue weighted by molar-refractivity contribution is 0.0904. The molecule has 1 amide bonds. The highest BCUT2D eigenvalue weighted by Crippen LogP contribution is 2.29. The fraction of sp³-hybridized carbons (Fsp3) is 0.444. The number of aromatic nitrogens is 2. The van der Waals surface area contributed by atoms with Gasteiger partial charge >= 0.3 is 0 Å². The Balaban J connectivity index is 1.35. The van der Waals surface area contributed by atoms with Crippen LogP contribution in [-0.2, 0) is 0 Å². The van der Waals surface area contributed by atoms with Crippen molar-refractivity contribution in [3.63, 3.8) is 0 Å². The van der Waals surface area contributed by atoms with E-state index < -0.39 is 0 Å². The van der Waals surface area contributed by atoms with Gasteiger partial charge in [-0.05, 0) is 31.7 Å². The number of piperidine rings is 1. The minimum Gasteiger partial charge on any atom is -0.348 e. The average Bonchev–Trinajstić information content (AvgIpc) is 3.32. The molecule has 1 aliphatic carbocycles. The second kappa shape index (κ2) is 6.16. The van der Waals surface area contributed by atoms with Crippen molar-refractivity contribution in [3.8, 4) is 11.3 Å². The van der Waals surface area contributed by atoms with Crippen molar-refractivity contribution in [3.05, 3.63) is 42.1 Å². The van der Waals surface area contributed by atoms with Gasteiger partial charge in [0.15, 0.2) is 0 Å². The molecule has 4 rings (SSSR count). The predicted molar refractivity (Wildman–Crippen MR) is 89.1 cm³/mol. The van der Waals surface area contributed by atoms with E-state index in [1.165, 1.54) is 12.8 Å². The smallest absolute Gasteiger partial charge is 0.269 e. The van der Waals surface area contributed by atoms with Gasteiger partial charge in [0.2, 0.25) is 0 Å². The highest BCUT2D eigenvalue weighted by molar-refractivity contribution is 5.93. The molecule has 0 radical (unpaired) electrons. The SMILES string of the molecule is O=C(NC1CCN(C2CC2)CC1)c1cc(-c2ccccc2)n[nH]1. The van der Waals surface area contributed by atoms with Crippen LogP contribution in [0.4, 0.5) is 0 Å². The molecule has 2 aliphatic rings. The molecule has 2 N–H and O–H groups in total. The molecule has 2 aromatic rings. The zero-order valence-electron chi connectivity index (χ0n) is 13.2. The van der Waals surface area contributed by atoms with E-state index in [-0.39, 0.29) is 11.9 Å². The quantitative estimate of drug-likeness (QED) is 0.912. The summed E-state index contributed by atoms with van der Waals surface area (Å²) < 4.78 is 0. The van der Waals surface area contributed by atoms with Gasteiger partial charge in [0, 0.05) is 30.7 Å². The number of nitrogens with one attached hydrogen (secondary N) is 2. The first-order chi connectivity index (χ1) is 11.3. The normalized spacial score (nSPS) is 19.7. The zero-order valence-corrected chi connectivity index (χ0v) is 13.2. The summed E-state index contributed by atoms with van der Waals surface area (Å²) in [6, 6.07) is 12.8. The van der Waals surface area contributed by atoms with Gasteiger partial charge in [0.25, 0.3) is 5.91 Å². The largest absolute Gasteiger partial charge is 0.348 e. The molecule has 1 saturated heterocycles. The number of aromatic amines is 1. The predicted octanol–water partition coefficient (Wildman–Crippen LogP) is 2.43. The molecular formula is C18H22N4O. The molecule has 0 spiro atoms. The van der Waals surface area contributed by atoms with Crippen LogP contribution in [0.2, 0.25) is 0 Å². The maximum Gasteiger partial charge on any atom is 0.269 e. The number of amides is 1. The monoisotopic (exact) mass is 310 g/mol. The summed E-state index contributed by atoms with van der Waals surface area (Å²) in [6.45, 7) is 2.21. The van der Waals surface area contributed by atoms with E-state index in [0.717, 1.165) is 43.2 Å². The fourth-order valence-corrected chi connectivity index (χ4v) is 3.31. The first-order valence-electron chi connectivity index (χ1n) is 8.45. The number of likely N-dealkylation sites (tertiary alicyclic amines) is 1. The molecule has 0 atom stereocenters. The van der Waals surface area contributed by atoms with Crippen LogP contribution in [0, 0.1) is 0 Å². The van der Waals surface area contributed by atoms with Crippen molar-refractivity contribution in [2.24, 2.45) is 0 Å². The second-order valence-corrected chi connectivity index (χ2v) is 6.55. The number of hydrogen-bond acceptors (Lipinski definition) is 3. The van der Waals surface area contributed by atoms with Gasteiger partial charge in [-0.25, -0.2) is 0 Å². The van der Waals surface area contributed by atoms with Gasteiger partial charge in [-0.2, -0.15) is 5.10 Å². The van der Waals surface area contributed by atoms with Gasteiger partial charge in [-0.1, -0.05) is 30.3 Å². The molecule has 0 unspecified atom stereocenters. The third kappa shape index (κ3) is 3.29. The Hall–Kier alpha value is -2.14. The lowest BCUT2D eigenvalue weighted by Crippen LogP contribution is -2.45. The Morgan fingerprint density at radius 3 is 2.57 bits per heavy atom. The van der Waals surface area contributed by atoms with E-state index in [4.69, 9.17) is 0 Å². The number of nitrogens with zero attached hydrogens (tertiary/aromatic N) is 2. The first-order valence-corrected chi connectivity index (χ1v) is 8.45. The van der Waals surface area contributed by atoms with E-state index in [9.17, 15) is 4.79 Å². The van der Waals surface area contributed by atoms with Crippen LogP contribution in [0.3, 0.4) is 0 Å². The van der Waals surface area contributed by atoms with E-state index in [1.54, 1.807) is 0 Å². The Morgan fingerprint density at radius 1 is 1.13 bits per heavy atom. The van der Waals surface area contributed by atoms with E-state index in [2.05, 4.69) is 20.4 Å². The standard InChI is InChI=1S/C18H22N4O/c23-18(19-14-8-10-22(11-9-14)15-6-7-15)17-12-16(20-21-17)13-4-2-1-3-5-13/h1-5,12,14-15H,6-11H2,(H,19,23)(H,20,21). The number of benzene rings is 1. The zero-order chi connectivity index (χ0) is 15.6. The summed E-state index contributed by atoms with van der Waals surface area (Å²) in [5.41, 5.74) is 2.35. The number of hydrogen-bond donors (Lipinski definition) is 2. The Morgan fingerprint density at radius 2 is 1.87 bits per heavy atom. The summed E-state index contributed by atoms with van der Waals surface area (Å²) in [7, 11) is 0. The lowest BCUT2D eigenvalue weighted by Gasteiger charge is -2.32. The van der Waals surface area contributed by atoms with Crippen LogP contribution in [0.1, 0.15) is 36.2 Å². The van der Waals surface area contributed by atoms with Gasteiger partial charge in [0.1, 0.15) is 5.69 Å². The molecule has 1 aliphatic heterocycles. The topological polar surface area (TPSA) is 61.0 Å². The second-order valence-electron chi connectivity index (χ2n) is 6.55. The Bertz CT molecular complexity index is 669. The van der Waals surface area contributed by atoms with Crippen LogP contribution >= 0.6 is 0 Å². The van der Waals surface area contributed by atoms with Crippen LogP contribution < -0.4 is 5.32 Å². The third-order valence-corrected chi connectivity index (χ3v) is 4.82. The average molecular weight is 310 g/mol. The number of carbonyl (C=O) groups is 1. The van der Waals surface area contributed by atoms with Crippen LogP contribution in [-0.4, -0.2) is 46.2 Å². The molecular weight excluding hydrogens is 288 g/mol. The van der Waals surface area contributed by atoms with Crippen LogP contribution in [0.25, 0.3) is 11.3 Å². The highest BCUT2D eigenvalue weighted by Gasteiger charge is 2.32. The number of carbonyl (C=O) groups excluding carboxylic acids is 1. The molecule has 120 valence electrons. The van der Waals surface area contributed by atoms with Crippen molar-refractivity contribution < 1.29 is 4.79 Å². The third-order valence-electron chi connectivity index (χ3n) is 4.82. The molecule has 2 fully saturated rings. The molecule has 1 saturated carbocycles. The molecule has 1 aromatic carbocycles. The number of rotatable bonds is 4. The molecule has 5 nitrogen and oxygen atoms in total. The summed E-state index contributed by atoms with van der Waals surface area (Å²) in [5, 5.41) is 10.3. The molecule has 1 aromatic heterocycles. The van der Waals surface area contributed by atoms with Crippen molar-refractivity contribution in [2.75, 3.05) is 13.1 Å². The molecule has 0 bridgehead atoms. The van der Waals surface area contributed by atoms with Gasteiger partial charge in [0.05, 0.1) is 5.69 Å². The van der Waals surface area contributed by atoms with Crippen molar-refractivity contribution >= 4 is 5.91 Å². The molecule has 5 heteroatoms. The van der Waals surface area contributed by atoms with Gasteiger partial charge in [-0.15, -0.1) is 0 Å². The van der Waals surface area contributed by atoms with Crippen molar-refractivity contribution in [1.29, 1.82) is 0 Å². The van der Waals surface area contributed by atoms with Gasteiger partial charge in [-0.3, -0.25) is 9.89 Å². The van der Waals surface area contributed by atoms with Crippen molar-refractivity contribution in [1.82, 2.24) is 20.4 Å². The number of H-pyrrole nitrogens is 1. The molecule has 2 heterocycles. The highest BCUT2D eigenvalue weighted by atomic mass is 16.2. The van der Waals surface area contributed by atoms with E-state index >= 15 is 0 Å². The Labute approximate surface area is 136 Å².